The first-order chi connectivity index (χ1) is 9.26. The molecule has 108 valence electrons. The number of ether oxygens (including phenoxy) is 1. The second-order valence-electron chi connectivity index (χ2n) is 5.74. The van der Waals surface area contributed by atoms with Crippen molar-refractivity contribution in [1.82, 2.24) is 10.3 Å². The lowest BCUT2D eigenvalue weighted by Crippen LogP contribution is -2.34. The lowest BCUT2D eigenvalue weighted by atomic mass is 9.81. The van der Waals surface area contributed by atoms with Crippen LogP contribution in [0.15, 0.2) is 5.51 Å². The van der Waals surface area contributed by atoms with Crippen molar-refractivity contribution in [2.24, 2.45) is 5.41 Å². The molecule has 0 aliphatic heterocycles. The van der Waals surface area contributed by atoms with Gasteiger partial charge in [-0.2, -0.15) is 0 Å². The average Bonchev–Trinajstić information content (AvgIpc) is 3.03. The molecule has 4 heteroatoms. The van der Waals surface area contributed by atoms with Crippen molar-refractivity contribution in [3.63, 3.8) is 0 Å². The maximum absolute atomic E-state index is 5.10. The normalized spacial score (nSPS) is 18.0. The van der Waals surface area contributed by atoms with Gasteiger partial charge in [-0.05, 0) is 38.0 Å². The van der Waals surface area contributed by atoms with Gasteiger partial charge in [0.15, 0.2) is 0 Å². The Labute approximate surface area is 120 Å². The van der Waals surface area contributed by atoms with Crippen LogP contribution in [0.1, 0.15) is 42.7 Å². The van der Waals surface area contributed by atoms with Crippen molar-refractivity contribution < 1.29 is 4.74 Å². The van der Waals surface area contributed by atoms with E-state index in [1.165, 1.54) is 49.1 Å². The minimum Gasteiger partial charge on any atom is -0.383 e. The molecule has 0 unspecified atom stereocenters. The first-order valence-corrected chi connectivity index (χ1v) is 8.22. The van der Waals surface area contributed by atoms with Gasteiger partial charge in [-0.3, -0.25) is 0 Å². The van der Waals surface area contributed by atoms with Crippen molar-refractivity contribution in [1.29, 1.82) is 0 Å². The third-order valence-corrected chi connectivity index (χ3v) is 5.37. The van der Waals surface area contributed by atoms with E-state index in [0.29, 0.717) is 5.41 Å². The van der Waals surface area contributed by atoms with Crippen molar-refractivity contribution in [2.75, 3.05) is 26.8 Å². The lowest BCUT2D eigenvalue weighted by Gasteiger charge is -2.29. The van der Waals surface area contributed by atoms with E-state index in [-0.39, 0.29) is 0 Å². The number of hydrogen-bond acceptors (Lipinski definition) is 4. The Kier molecular flexibility index (Phi) is 5.79. The molecule has 1 saturated carbocycles. The summed E-state index contributed by atoms with van der Waals surface area (Å²) in [6.07, 6.45) is 8.05. The van der Waals surface area contributed by atoms with Crippen LogP contribution in [0.25, 0.3) is 0 Å². The second kappa shape index (κ2) is 7.36. The Hall–Kier alpha value is -0.450. The van der Waals surface area contributed by atoms with E-state index in [2.05, 4.69) is 17.2 Å². The molecule has 2 rings (SSSR count). The van der Waals surface area contributed by atoms with Gasteiger partial charge in [0.1, 0.15) is 0 Å². The van der Waals surface area contributed by atoms with Crippen molar-refractivity contribution in [2.45, 2.75) is 45.4 Å². The first-order valence-electron chi connectivity index (χ1n) is 7.34. The number of aromatic nitrogens is 1. The van der Waals surface area contributed by atoms with Gasteiger partial charge in [-0.25, -0.2) is 4.98 Å². The SMILES string of the molecule is COCCNCC1(CCc2scnc2C)CCCC1. The molecule has 3 nitrogen and oxygen atoms in total. The predicted octanol–water partition coefficient (Wildman–Crippen LogP) is 3.18. The van der Waals surface area contributed by atoms with Crippen LogP contribution in [0.3, 0.4) is 0 Å². The van der Waals surface area contributed by atoms with E-state index >= 15 is 0 Å². The summed E-state index contributed by atoms with van der Waals surface area (Å²) in [6.45, 7) is 5.06. The molecule has 0 bridgehead atoms. The average molecular weight is 282 g/mol. The largest absolute Gasteiger partial charge is 0.383 e. The van der Waals surface area contributed by atoms with Crippen molar-refractivity contribution in [3.05, 3.63) is 16.1 Å². The van der Waals surface area contributed by atoms with Gasteiger partial charge in [0, 0.05) is 25.1 Å². The molecule has 0 amide bonds. The van der Waals surface area contributed by atoms with E-state index in [4.69, 9.17) is 4.74 Å². The number of rotatable bonds is 8. The molecule has 19 heavy (non-hydrogen) atoms. The van der Waals surface area contributed by atoms with Crippen molar-refractivity contribution >= 4 is 11.3 Å². The molecule has 0 radical (unpaired) electrons. The molecule has 1 aliphatic carbocycles. The molecule has 0 saturated heterocycles. The number of hydrogen-bond donors (Lipinski definition) is 1. The highest BCUT2D eigenvalue weighted by atomic mass is 32.1. The Morgan fingerprint density at radius 1 is 1.42 bits per heavy atom. The first kappa shape index (κ1) is 14.9. The van der Waals surface area contributed by atoms with Gasteiger partial charge in [0.25, 0.3) is 0 Å². The monoisotopic (exact) mass is 282 g/mol. The number of thiazole rings is 1. The van der Waals surface area contributed by atoms with Crippen LogP contribution in [-0.4, -0.2) is 31.8 Å². The molecular weight excluding hydrogens is 256 g/mol. The van der Waals surface area contributed by atoms with Crippen LogP contribution < -0.4 is 5.32 Å². The van der Waals surface area contributed by atoms with Gasteiger partial charge >= 0.3 is 0 Å². The summed E-state index contributed by atoms with van der Waals surface area (Å²) in [7, 11) is 1.76. The van der Waals surface area contributed by atoms with Gasteiger partial charge in [-0.15, -0.1) is 11.3 Å². The molecule has 1 fully saturated rings. The van der Waals surface area contributed by atoms with Gasteiger partial charge < -0.3 is 10.1 Å². The third-order valence-electron chi connectivity index (χ3n) is 4.37. The Morgan fingerprint density at radius 3 is 2.84 bits per heavy atom. The highest BCUT2D eigenvalue weighted by Crippen LogP contribution is 2.41. The van der Waals surface area contributed by atoms with E-state index in [1.807, 2.05) is 16.8 Å². The molecule has 0 atom stereocenters. The summed E-state index contributed by atoms with van der Waals surface area (Å²) in [5.41, 5.74) is 3.72. The predicted molar refractivity (Wildman–Crippen MR) is 80.8 cm³/mol. The summed E-state index contributed by atoms with van der Waals surface area (Å²) >= 11 is 1.81. The topological polar surface area (TPSA) is 34.1 Å². The minimum absolute atomic E-state index is 0.518. The summed E-state index contributed by atoms with van der Waals surface area (Å²) in [5.74, 6) is 0. The fourth-order valence-corrected chi connectivity index (χ4v) is 3.89. The molecule has 1 N–H and O–H groups in total. The Bertz CT molecular complexity index is 372. The smallest absolute Gasteiger partial charge is 0.0797 e. The highest BCUT2D eigenvalue weighted by Gasteiger charge is 2.33. The quantitative estimate of drug-likeness (QED) is 0.744. The molecular formula is C15H26N2OS. The fourth-order valence-electron chi connectivity index (χ4n) is 3.11. The van der Waals surface area contributed by atoms with Crippen LogP contribution in [0.2, 0.25) is 0 Å². The van der Waals surface area contributed by atoms with Crippen LogP contribution in [0, 0.1) is 12.3 Å². The van der Waals surface area contributed by atoms with Gasteiger partial charge in [0.05, 0.1) is 17.8 Å². The second-order valence-corrected chi connectivity index (χ2v) is 6.68. The van der Waals surface area contributed by atoms with E-state index in [1.54, 1.807) is 7.11 Å². The maximum Gasteiger partial charge on any atom is 0.0797 e. The lowest BCUT2D eigenvalue weighted by molar-refractivity contribution is 0.187. The van der Waals surface area contributed by atoms with E-state index in [0.717, 1.165) is 19.7 Å². The number of aryl methyl sites for hydroxylation is 2. The highest BCUT2D eigenvalue weighted by molar-refractivity contribution is 7.09. The van der Waals surface area contributed by atoms with Gasteiger partial charge in [0.2, 0.25) is 0 Å². The Morgan fingerprint density at radius 2 is 2.21 bits per heavy atom. The standard InChI is InChI=1S/C15H26N2OS/c1-13-14(19-12-17-13)5-8-15(6-3-4-7-15)11-16-9-10-18-2/h12,16H,3-11H2,1-2H3. The van der Waals surface area contributed by atoms with Crippen LogP contribution >= 0.6 is 11.3 Å². The van der Waals surface area contributed by atoms with Crippen molar-refractivity contribution in [3.8, 4) is 0 Å². The zero-order valence-electron chi connectivity index (χ0n) is 12.2. The van der Waals surface area contributed by atoms with E-state index < -0.39 is 0 Å². The zero-order chi connectivity index (χ0) is 13.6. The summed E-state index contributed by atoms with van der Waals surface area (Å²) < 4.78 is 5.10. The number of nitrogens with one attached hydrogen (secondary N) is 1. The molecule has 0 aromatic carbocycles. The molecule has 1 heterocycles. The maximum atomic E-state index is 5.10. The fraction of sp³-hybridized carbons (Fsp3) is 0.800. The third kappa shape index (κ3) is 4.26. The summed E-state index contributed by atoms with van der Waals surface area (Å²) in [6, 6.07) is 0. The number of methoxy groups -OCH3 is 1. The van der Waals surface area contributed by atoms with Gasteiger partial charge in [-0.1, -0.05) is 12.8 Å². The molecule has 1 aromatic rings. The summed E-state index contributed by atoms with van der Waals surface area (Å²) in [4.78, 5) is 5.83. The zero-order valence-corrected chi connectivity index (χ0v) is 13.0. The molecule has 1 aromatic heterocycles. The van der Waals surface area contributed by atoms with E-state index in [9.17, 15) is 0 Å². The van der Waals surface area contributed by atoms with Crippen LogP contribution in [0.5, 0.6) is 0 Å². The van der Waals surface area contributed by atoms with Crippen LogP contribution in [-0.2, 0) is 11.2 Å². The minimum atomic E-state index is 0.518. The van der Waals surface area contributed by atoms with Crippen LogP contribution in [0.4, 0.5) is 0 Å². The number of nitrogens with zero attached hydrogens (tertiary/aromatic N) is 1. The molecule has 0 spiro atoms. The summed E-state index contributed by atoms with van der Waals surface area (Å²) in [5, 5.41) is 3.58. The Balaban J connectivity index is 1.83. The molecule has 1 aliphatic rings.